The Morgan fingerprint density at radius 3 is 2.47 bits per heavy atom. The van der Waals surface area contributed by atoms with E-state index in [4.69, 9.17) is 4.74 Å². The minimum atomic E-state index is -5.10. The fourth-order valence-corrected chi connectivity index (χ4v) is 3.68. The Labute approximate surface area is 176 Å². The second kappa shape index (κ2) is 10.0. The number of nitrogens with zero attached hydrogens (tertiary/aromatic N) is 1. The van der Waals surface area contributed by atoms with Crippen LogP contribution in [0.15, 0.2) is 35.7 Å². The summed E-state index contributed by atoms with van der Waals surface area (Å²) in [6, 6.07) is 8.97. The van der Waals surface area contributed by atoms with E-state index in [1.807, 2.05) is 6.07 Å². The van der Waals surface area contributed by atoms with Crippen LogP contribution >= 0.6 is 11.3 Å². The van der Waals surface area contributed by atoms with Crippen LogP contribution < -0.4 is 5.32 Å². The second-order valence-electron chi connectivity index (χ2n) is 6.77. The Balaban J connectivity index is 2.10. The predicted molar refractivity (Wildman–Crippen MR) is 105 cm³/mol. The number of aryl methyl sites for hydroxylation is 1. The van der Waals surface area contributed by atoms with Crippen LogP contribution in [0.4, 0.5) is 13.2 Å². The summed E-state index contributed by atoms with van der Waals surface area (Å²) >= 11 is 0.628. The third kappa shape index (κ3) is 6.02. The van der Waals surface area contributed by atoms with Crippen LogP contribution in [0.3, 0.4) is 0 Å². The molecule has 0 aliphatic heterocycles. The number of thiazole rings is 1. The molecule has 0 bridgehead atoms. The second-order valence-corrected chi connectivity index (χ2v) is 7.63. The first-order chi connectivity index (χ1) is 14.1. The van der Waals surface area contributed by atoms with Crippen molar-refractivity contribution in [1.29, 1.82) is 0 Å². The number of hydrogen-bond donors (Lipinski definition) is 2. The molecule has 6 nitrogen and oxygen atoms in total. The van der Waals surface area contributed by atoms with Gasteiger partial charge in [0.05, 0.1) is 18.9 Å². The molecule has 1 aromatic heterocycles. The lowest BCUT2D eigenvalue weighted by molar-refractivity contribution is -0.267. The SMILES string of the molecule is CCOC(=O)C(CNC(=O)CC(O)(c1nc(C)cs1)C(F)(F)F)Cc1ccccc1. The van der Waals surface area contributed by atoms with Gasteiger partial charge in [-0.3, -0.25) is 9.59 Å². The molecule has 1 aromatic carbocycles. The van der Waals surface area contributed by atoms with Gasteiger partial charge >= 0.3 is 12.1 Å². The third-order valence-electron chi connectivity index (χ3n) is 4.35. The number of carbonyl (C=O) groups excluding carboxylic acids is 2. The first kappa shape index (κ1) is 23.8. The number of halogens is 3. The highest BCUT2D eigenvalue weighted by atomic mass is 32.1. The minimum absolute atomic E-state index is 0.134. The third-order valence-corrected chi connectivity index (χ3v) is 5.46. The number of nitrogens with one attached hydrogen (secondary N) is 1. The number of amides is 1. The van der Waals surface area contributed by atoms with E-state index in [0.717, 1.165) is 5.56 Å². The summed E-state index contributed by atoms with van der Waals surface area (Å²) in [5, 5.41) is 13.3. The maximum Gasteiger partial charge on any atom is 0.424 e. The van der Waals surface area contributed by atoms with Crippen molar-refractivity contribution in [2.75, 3.05) is 13.2 Å². The highest BCUT2D eigenvalue weighted by molar-refractivity contribution is 7.09. The Bertz CT molecular complexity index is 857. The van der Waals surface area contributed by atoms with Crippen molar-refractivity contribution in [1.82, 2.24) is 10.3 Å². The Morgan fingerprint density at radius 1 is 1.27 bits per heavy atom. The van der Waals surface area contributed by atoms with Gasteiger partial charge in [0.15, 0.2) is 0 Å². The van der Waals surface area contributed by atoms with Crippen LogP contribution in [0.5, 0.6) is 0 Å². The predicted octanol–water partition coefficient (Wildman–Crippen LogP) is 3.13. The van der Waals surface area contributed by atoms with Gasteiger partial charge in [0.1, 0.15) is 5.01 Å². The molecule has 0 fully saturated rings. The van der Waals surface area contributed by atoms with Gasteiger partial charge in [-0.15, -0.1) is 11.3 Å². The number of hydrogen-bond acceptors (Lipinski definition) is 6. The molecular formula is C20H23F3N2O4S. The summed E-state index contributed by atoms with van der Waals surface area (Å²) < 4.78 is 45.6. The summed E-state index contributed by atoms with van der Waals surface area (Å²) in [5.41, 5.74) is -2.28. The Kier molecular flexibility index (Phi) is 7.96. The van der Waals surface area contributed by atoms with Crippen molar-refractivity contribution in [2.45, 2.75) is 38.5 Å². The maximum atomic E-state index is 13.5. The fourth-order valence-electron chi connectivity index (χ4n) is 2.77. The lowest BCUT2D eigenvalue weighted by Crippen LogP contribution is -2.47. The number of benzene rings is 1. The van der Waals surface area contributed by atoms with Crippen molar-refractivity contribution >= 4 is 23.2 Å². The summed E-state index contributed by atoms with van der Waals surface area (Å²) in [5.74, 6) is -2.40. The van der Waals surface area contributed by atoms with E-state index >= 15 is 0 Å². The topological polar surface area (TPSA) is 88.5 Å². The van der Waals surface area contributed by atoms with E-state index in [2.05, 4.69) is 10.3 Å². The molecule has 2 atom stereocenters. The molecule has 10 heteroatoms. The van der Waals surface area contributed by atoms with Gasteiger partial charge in [0, 0.05) is 17.6 Å². The largest absolute Gasteiger partial charge is 0.466 e. The Hall–Kier alpha value is -2.46. The van der Waals surface area contributed by atoms with Gasteiger partial charge < -0.3 is 15.2 Å². The van der Waals surface area contributed by atoms with E-state index in [1.54, 1.807) is 31.2 Å². The fraction of sp³-hybridized carbons (Fsp3) is 0.450. The van der Waals surface area contributed by atoms with Crippen molar-refractivity contribution in [2.24, 2.45) is 5.92 Å². The molecule has 2 aromatic rings. The normalized spacial score (nSPS) is 14.6. The molecule has 1 heterocycles. The number of alkyl halides is 3. The number of carbonyl (C=O) groups is 2. The van der Waals surface area contributed by atoms with Gasteiger partial charge in [-0.2, -0.15) is 13.2 Å². The molecule has 0 radical (unpaired) electrons. The zero-order valence-corrected chi connectivity index (χ0v) is 17.3. The molecular weight excluding hydrogens is 421 g/mol. The zero-order chi connectivity index (χ0) is 22.4. The summed E-state index contributed by atoms with van der Waals surface area (Å²) in [6.45, 7) is 3.03. The van der Waals surface area contributed by atoms with Gasteiger partial charge in [-0.05, 0) is 25.8 Å². The standard InChI is InChI=1S/C20H23F3N2O4S/c1-3-29-17(27)15(9-14-7-5-4-6-8-14)11-24-16(26)10-19(28,20(21,22)23)18-25-13(2)12-30-18/h4-8,12,15,28H,3,9-11H2,1-2H3,(H,24,26). The van der Waals surface area contributed by atoms with Crippen LogP contribution in [0.1, 0.15) is 29.6 Å². The highest BCUT2D eigenvalue weighted by Gasteiger charge is 2.58. The molecule has 0 saturated carbocycles. The van der Waals surface area contributed by atoms with Gasteiger partial charge in [-0.1, -0.05) is 30.3 Å². The van der Waals surface area contributed by atoms with Crippen LogP contribution in [0, 0.1) is 12.8 Å². The summed E-state index contributed by atoms with van der Waals surface area (Å²) in [4.78, 5) is 28.2. The monoisotopic (exact) mass is 444 g/mol. The maximum absolute atomic E-state index is 13.5. The molecule has 30 heavy (non-hydrogen) atoms. The van der Waals surface area contributed by atoms with Crippen LogP contribution in [-0.4, -0.2) is 41.3 Å². The first-order valence-electron chi connectivity index (χ1n) is 9.25. The molecule has 2 rings (SSSR count). The molecule has 164 valence electrons. The molecule has 1 amide bonds. The number of aromatic nitrogens is 1. The molecule has 2 N–H and O–H groups in total. The van der Waals surface area contributed by atoms with Crippen molar-refractivity contribution in [3.63, 3.8) is 0 Å². The van der Waals surface area contributed by atoms with E-state index in [0.29, 0.717) is 17.0 Å². The number of aliphatic hydroxyl groups is 1. The average molecular weight is 444 g/mol. The average Bonchev–Trinajstić information content (AvgIpc) is 3.12. The van der Waals surface area contributed by atoms with Crippen LogP contribution in [-0.2, 0) is 26.3 Å². The van der Waals surface area contributed by atoms with Gasteiger partial charge in [-0.25, -0.2) is 4.98 Å². The number of rotatable bonds is 9. The number of ether oxygens (including phenoxy) is 1. The van der Waals surface area contributed by atoms with Gasteiger partial charge in [0.2, 0.25) is 11.5 Å². The van der Waals surface area contributed by atoms with E-state index < -0.39 is 41.0 Å². The molecule has 2 unspecified atom stereocenters. The minimum Gasteiger partial charge on any atom is -0.466 e. The van der Waals surface area contributed by atoms with Crippen LogP contribution in [0.25, 0.3) is 0 Å². The van der Waals surface area contributed by atoms with E-state index in [1.165, 1.54) is 12.3 Å². The van der Waals surface area contributed by atoms with Crippen molar-refractivity contribution in [3.8, 4) is 0 Å². The molecule has 0 saturated heterocycles. The number of esters is 1. The van der Waals surface area contributed by atoms with Crippen molar-refractivity contribution in [3.05, 3.63) is 52.0 Å². The molecule has 0 aliphatic carbocycles. The van der Waals surface area contributed by atoms with E-state index in [9.17, 15) is 27.9 Å². The van der Waals surface area contributed by atoms with E-state index in [-0.39, 0.29) is 19.6 Å². The lowest BCUT2D eigenvalue weighted by Gasteiger charge is -2.28. The quantitative estimate of drug-likeness (QED) is 0.580. The smallest absolute Gasteiger partial charge is 0.424 e. The van der Waals surface area contributed by atoms with Gasteiger partial charge in [0.25, 0.3) is 0 Å². The highest BCUT2D eigenvalue weighted by Crippen LogP contribution is 2.42. The first-order valence-corrected chi connectivity index (χ1v) is 10.1. The Morgan fingerprint density at radius 2 is 1.93 bits per heavy atom. The molecule has 0 aliphatic rings. The zero-order valence-electron chi connectivity index (χ0n) is 16.5. The summed E-state index contributed by atoms with van der Waals surface area (Å²) in [7, 11) is 0. The lowest BCUT2D eigenvalue weighted by atomic mass is 9.97. The van der Waals surface area contributed by atoms with Crippen molar-refractivity contribution < 1.29 is 32.6 Å². The van der Waals surface area contributed by atoms with Crippen LogP contribution in [0.2, 0.25) is 0 Å². The molecule has 0 spiro atoms. The summed E-state index contributed by atoms with van der Waals surface area (Å²) in [6.07, 6.45) is -6.11.